The summed E-state index contributed by atoms with van der Waals surface area (Å²) in [5.41, 5.74) is 0.932. The van der Waals surface area contributed by atoms with E-state index < -0.39 is 15.9 Å². The lowest BCUT2D eigenvalue weighted by Gasteiger charge is -2.32. The minimum Gasteiger partial charge on any atom is -0.492 e. The normalized spacial score (nSPS) is 18.4. The van der Waals surface area contributed by atoms with Crippen molar-refractivity contribution in [3.05, 3.63) is 58.1 Å². The van der Waals surface area contributed by atoms with Gasteiger partial charge in [-0.1, -0.05) is 35.3 Å². The first-order valence-electron chi connectivity index (χ1n) is 10.2. The average Bonchev–Trinajstić information content (AvgIpc) is 2.75. The Bertz CT molecular complexity index is 1030. The van der Waals surface area contributed by atoms with Gasteiger partial charge in [0.1, 0.15) is 5.75 Å². The van der Waals surface area contributed by atoms with Gasteiger partial charge < -0.3 is 10.1 Å². The molecule has 0 bridgehead atoms. The van der Waals surface area contributed by atoms with Crippen LogP contribution in [0.3, 0.4) is 0 Å². The van der Waals surface area contributed by atoms with Crippen LogP contribution in [0.25, 0.3) is 0 Å². The summed E-state index contributed by atoms with van der Waals surface area (Å²) in [6, 6.07) is 11.5. The number of halogens is 2. The molecule has 0 radical (unpaired) electrons. The van der Waals surface area contributed by atoms with E-state index in [0.29, 0.717) is 36.8 Å². The van der Waals surface area contributed by atoms with Crippen LogP contribution in [0.1, 0.15) is 38.3 Å². The van der Waals surface area contributed by atoms with Crippen LogP contribution in [0.5, 0.6) is 5.75 Å². The van der Waals surface area contributed by atoms with E-state index in [0.717, 1.165) is 5.56 Å². The van der Waals surface area contributed by atoms with E-state index in [9.17, 15) is 13.2 Å². The molecule has 0 aromatic heterocycles. The predicted octanol–water partition coefficient (Wildman–Crippen LogP) is 4.67. The second-order valence-corrected chi connectivity index (χ2v) is 10.3. The number of benzene rings is 2. The molecule has 6 nitrogen and oxygen atoms in total. The van der Waals surface area contributed by atoms with Gasteiger partial charge in [-0.25, -0.2) is 8.42 Å². The highest BCUT2D eigenvalue weighted by Crippen LogP contribution is 2.30. The van der Waals surface area contributed by atoms with E-state index in [1.165, 1.54) is 16.4 Å². The maximum atomic E-state index is 13.1. The Morgan fingerprint density at radius 1 is 1.23 bits per heavy atom. The van der Waals surface area contributed by atoms with Crippen molar-refractivity contribution in [2.45, 2.75) is 37.6 Å². The Morgan fingerprint density at radius 2 is 1.94 bits per heavy atom. The molecule has 0 unspecified atom stereocenters. The molecule has 3 rings (SSSR count). The maximum absolute atomic E-state index is 13.1. The van der Waals surface area contributed by atoms with E-state index in [1.807, 2.05) is 26.0 Å². The Kier molecular flexibility index (Phi) is 7.86. The average molecular weight is 485 g/mol. The van der Waals surface area contributed by atoms with Crippen molar-refractivity contribution < 1.29 is 17.9 Å². The Labute approximate surface area is 193 Å². The lowest BCUT2D eigenvalue weighted by Crippen LogP contribution is -2.45. The zero-order valence-electron chi connectivity index (χ0n) is 17.5. The SMILES string of the molecule is CCOc1ccc(S(=O)(=O)N2CCC[C@H](C(=O)N[C@@H](C)c3ccc(Cl)cc3)C2)cc1Cl. The molecule has 9 heteroatoms. The quantitative estimate of drug-likeness (QED) is 0.619. The molecular weight excluding hydrogens is 459 g/mol. The molecule has 1 fully saturated rings. The second-order valence-electron chi connectivity index (χ2n) is 7.51. The molecule has 31 heavy (non-hydrogen) atoms. The Morgan fingerprint density at radius 3 is 2.58 bits per heavy atom. The molecule has 1 aliphatic rings. The Hall–Kier alpha value is -1.80. The van der Waals surface area contributed by atoms with Crippen LogP contribution in [-0.4, -0.2) is 38.3 Å². The fourth-order valence-corrected chi connectivity index (χ4v) is 5.58. The summed E-state index contributed by atoms with van der Waals surface area (Å²) in [5.74, 6) is -0.140. The van der Waals surface area contributed by atoms with Gasteiger partial charge in [0, 0.05) is 18.1 Å². The first kappa shape index (κ1) is 23.9. The number of rotatable bonds is 7. The molecular formula is C22H26Cl2N2O4S. The Balaban J connectivity index is 1.69. The lowest BCUT2D eigenvalue weighted by molar-refractivity contribution is -0.126. The fraction of sp³-hybridized carbons (Fsp3) is 0.409. The van der Waals surface area contributed by atoms with Crippen molar-refractivity contribution in [2.75, 3.05) is 19.7 Å². The summed E-state index contributed by atoms with van der Waals surface area (Å²) < 4.78 is 33.0. The smallest absolute Gasteiger partial charge is 0.243 e. The van der Waals surface area contributed by atoms with Gasteiger partial charge in [0.2, 0.25) is 15.9 Å². The number of carbonyl (C=O) groups is 1. The van der Waals surface area contributed by atoms with Crippen molar-refractivity contribution in [2.24, 2.45) is 5.92 Å². The summed E-state index contributed by atoms with van der Waals surface area (Å²) in [7, 11) is -3.77. The van der Waals surface area contributed by atoms with Crippen LogP contribution in [0.15, 0.2) is 47.4 Å². The first-order valence-corrected chi connectivity index (χ1v) is 12.4. The van der Waals surface area contributed by atoms with E-state index in [2.05, 4.69) is 5.32 Å². The molecule has 1 amide bonds. The van der Waals surface area contributed by atoms with Crippen LogP contribution in [0.2, 0.25) is 10.0 Å². The fourth-order valence-electron chi connectivity index (χ4n) is 3.60. The molecule has 2 aromatic carbocycles. The van der Waals surface area contributed by atoms with Gasteiger partial charge in [0.05, 0.1) is 28.5 Å². The standard InChI is InChI=1S/C22H26Cl2N2O4S/c1-3-30-21-11-10-19(13-20(21)24)31(28,29)26-12-4-5-17(14-26)22(27)25-15(2)16-6-8-18(23)9-7-16/h6-11,13,15,17H,3-5,12,14H2,1-2H3,(H,25,27)/t15-,17-/m0/s1. The molecule has 0 spiro atoms. The van der Waals surface area contributed by atoms with Gasteiger partial charge in [0.15, 0.2) is 0 Å². The minimum absolute atomic E-state index is 0.0940. The van der Waals surface area contributed by atoms with Gasteiger partial charge in [-0.05, 0) is 62.6 Å². The van der Waals surface area contributed by atoms with Gasteiger partial charge in [-0.3, -0.25) is 4.79 Å². The molecule has 1 saturated heterocycles. The van der Waals surface area contributed by atoms with Crippen LogP contribution in [-0.2, 0) is 14.8 Å². The molecule has 1 heterocycles. The van der Waals surface area contributed by atoms with E-state index >= 15 is 0 Å². The third kappa shape index (κ3) is 5.71. The molecule has 168 valence electrons. The van der Waals surface area contributed by atoms with Gasteiger partial charge in [0.25, 0.3) is 0 Å². The second kappa shape index (κ2) is 10.2. The van der Waals surface area contributed by atoms with Crippen molar-refractivity contribution in [1.29, 1.82) is 0 Å². The number of ether oxygens (including phenoxy) is 1. The number of nitrogens with one attached hydrogen (secondary N) is 1. The third-order valence-electron chi connectivity index (χ3n) is 5.32. The molecule has 1 N–H and O–H groups in total. The molecule has 0 saturated carbocycles. The highest BCUT2D eigenvalue weighted by Gasteiger charge is 2.34. The number of amides is 1. The van der Waals surface area contributed by atoms with E-state index in [1.54, 1.807) is 18.2 Å². The van der Waals surface area contributed by atoms with E-state index in [4.69, 9.17) is 27.9 Å². The van der Waals surface area contributed by atoms with E-state index in [-0.39, 0.29) is 28.4 Å². The first-order chi connectivity index (χ1) is 14.7. The largest absolute Gasteiger partial charge is 0.492 e. The number of sulfonamides is 1. The third-order valence-corrected chi connectivity index (χ3v) is 7.73. The van der Waals surface area contributed by atoms with Crippen LogP contribution in [0.4, 0.5) is 0 Å². The van der Waals surface area contributed by atoms with Gasteiger partial charge in [-0.2, -0.15) is 4.31 Å². The van der Waals surface area contributed by atoms with Gasteiger partial charge >= 0.3 is 0 Å². The molecule has 2 aromatic rings. The van der Waals surface area contributed by atoms with Crippen molar-refractivity contribution in [3.63, 3.8) is 0 Å². The highest BCUT2D eigenvalue weighted by atomic mass is 35.5. The number of nitrogens with zero attached hydrogens (tertiary/aromatic N) is 1. The number of hydrogen-bond donors (Lipinski definition) is 1. The van der Waals surface area contributed by atoms with Crippen molar-refractivity contribution >= 4 is 39.1 Å². The zero-order chi connectivity index (χ0) is 22.6. The van der Waals surface area contributed by atoms with Gasteiger partial charge in [-0.15, -0.1) is 0 Å². The molecule has 2 atom stereocenters. The summed E-state index contributed by atoms with van der Waals surface area (Å²) in [4.78, 5) is 12.9. The predicted molar refractivity (Wildman–Crippen MR) is 122 cm³/mol. The molecule has 1 aliphatic heterocycles. The summed E-state index contributed by atoms with van der Waals surface area (Å²) in [6.45, 7) is 4.65. The maximum Gasteiger partial charge on any atom is 0.243 e. The summed E-state index contributed by atoms with van der Waals surface area (Å²) >= 11 is 12.1. The van der Waals surface area contributed by atoms with Crippen molar-refractivity contribution in [1.82, 2.24) is 9.62 Å². The van der Waals surface area contributed by atoms with Crippen LogP contribution < -0.4 is 10.1 Å². The number of carbonyl (C=O) groups excluding carboxylic acids is 1. The lowest BCUT2D eigenvalue weighted by atomic mass is 9.98. The minimum atomic E-state index is -3.77. The zero-order valence-corrected chi connectivity index (χ0v) is 19.8. The van der Waals surface area contributed by atoms with Crippen LogP contribution >= 0.6 is 23.2 Å². The molecule has 0 aliphatic carbocycles. The van der Waals surface area contributed by atoms with Crippen LogP contribution in [0, 0.1) is 5.92 Å². The highest BCUT2D eigenvalue weighted by molar-refractivity contribution is 7.89. The monoisotopic (exact) mass is 484 g/mol. The summed E-state index contributed by atoms with van der Waals surface area (Å²) in [5, 5.41) is 3.86. The topological polar surface area (TPSA) is 75.7 Å². The number of hydrogen-bond acceptors (Lipinski definition) is 4. The summed E-state index contributed by atoms with van der Waals surface area (Å²) in [6.07, 6.45) is 1.24. The number of piperidine rings is 1. The van der Waals surface area contributed by atoms with Crippen molar-refractivity contribution in [3.8, 4) is 5.75 Å².